The largest absolute Gasteiger partial charge is 0.368 e. The highest BCUT2D eigenvalue weighted by atomic mass is 16.2. The van der Waals surface area contributed by atoms with E-state index in [0.717, 1.165) is 0 Å². The number of primary amides is 2. The van der Waals surface area contributed by atoms with Gasteiger partial charge in [-0.25, -0.2) is 4.79 Å². The van der Waals surface area contributed by atoms with Gasteiger partial charge in [-0.2, -0.15) is 0 Å². The minimum atomic E-state index is -0.775. The quantitative estimate of drug-likeness (QED) is 0.577. The van der Waals surface area contributed by atoms with Crippen molar-refractivity contribution in [2.45, 2.75) is 55.4 Å². The van der Waals surface area contributed by atoms with Crippen LogP contribution in [-0.4, -0.2) is 30.3 Å². The second-order valence-corrected chi connectivity index (χ2v) is 9.79. The van der Waals surface area contributed by atoms with Crippen LogP contribution in [0, 0.1) is 33.5 Å². The maximum absolute atomic E-state index is 11.6. The second-order valence-electron chi connectivity index (χ2n) is 9.79. The van der Waals surface area contributed by atoms with Crippen molar-refractivity contribution >= 4 is 23.8 Å². The maximum Gasteiger partial charge on any atom is 0.318 e. The number of rotatable bonds is 4. The van der Waals surface area contributed by atoms with Gasteiger partial charge in [0.15, 0.2) is 0 Å². The molecular formula is C19H34N4O4. The number of amides is 5. The molecule has 2 fully saturated rings. The lowest BCUT2D eigenvalue weighted by Crippen LogP contribution is -2.37. The van der Waals surface area contributed by atoms with Crippen molar-refractivity contribution in [2.75, 3.05) is 6.54 Å². The van der Waals surface area contributed by atoms with Crippen LogP contribution >= 0.6 is 0 Å². The van der Waals surface area contributed by atoms with Crippen LogP contribution in [0.25, 0.3) is 0 Å². The lowest BCUT2D eigenvalue weighted by molar-refractivity contribution is -0.126. The topological polar surface area (TPSA) is 144 Å². The Labute approximate surface area is 161 Å². The van der Waals surface area contributed by atoms with E-state index >= 15 is 0 Å². The first kappa shape index (κ1) is 22.9. The SMILES string of the molecule is CC1(C)C(C(=O)NC(N)=O)C1(C)C.CC1(C)C(C(=O)NCC(N)=O)C1(C)C. The number of nitrogens with one attached hydrogen (secondary N) is 2. The summed E-state index contributed by atoms with van der Waals surface area (Å²) in [7, 11) is 0. The molecule has 2 aliphatic carbocycles. The number of imide groups is 1. The molecule has 8 nitrogen and oxygen atoms in total. The van der Waals surface area contributed by atoms with E-state index in [1.165, 1.54) is 0 Å². The highest BCUT2D eigenvalue weighted by molar-refractivity contribution is 5.97. The molecule has 5 amide bonds. The Morgan fingerprint density at radius 1 is 0.704 bits per heavy atom. The smallest absolute Gasteiger partial charge is 0.318 e. The summed E-state index contributed by atoms with van der Waals surface area (Å²) in [5.74, 6) is -0.974. The third-order valence-electron chi connectivity index (χ3n) is 7.25. The average Bonchev–Trinajstić information content (AvgIpc) is 3.04. The van der Waals surface area contributed by atoms with Gasteiger partial charge in [-0.05, 0) is 21.7 Å². The predicted octanol–water partition coefficient (Wildman–Crippen LogP) is 1.13. The molecule has 0 aromatic rings. The summed E-state index contributed by atoms with van der Waals surface area (Å²) in [5.41, 5.74) is 9.73. The maximum atomic E-state index is 11.6. The molecule has 27 heavy (non-hydrogen) atoms. The summed E-state index contributed by atoms with van der Waals surface area (Å²) in [6.45, 7) is 16.2. The van der Waals surface area contributed by atoms with Crippen LogP contribution in [0.15, 0.2) is 0 Å². The minimum Gasteiger partial charge on any atom is -0.368 e. The van der Waals surface area contributed by atoms with Gasteiger partial charge < -0.3 is 16.8 Å². The lowest BCUT2D eigenvalue weighted by Gasteiger charge is -2.03. The first-order chi connectivity index (χ1) is 11.9. The molecule has 0 spiro atoms. The van der Waals surface area contributed by atoms with E-state index in [2.05, 4.69) is 38.3 Å². The molecule has 0 radical (unpaired) electrons. The molecule has 2 aliphatic rings. The summed E-state index contributed by atoms with van der Waals surface area (Å²) in [4.78, 5) is 44.0. The number of urea groups is 1. The van der Waals surface area contributed by atoms with Gasteiger partial charge in [0.05, 0.1) is 6.54 Å². The van der Waals surface area contributed by atoms with E-state index in [0.29, 0.717) is 0 Å². The third kappa shape index (κ3) is 4.09. The number of carbonyl (C=O) groups is 4. The monoisotopic (exact) mass is 382 g/mol. The summed E-state index contributed by atoms with van der Waals surface area (Å²) in [5, 5.41) is 4.66. The van der Waals surface area contributed by atoms with Gasteiger partial charge in [-0.1, -0.05) is 55.4 Å². The van der Waals surface area contributed by atoms with Crippen molar-refractivity contribution in [2.24, 2.45) is 45.0 Å². The van der Waals surface area contributed by atoms with Crippen LogP contribution in [0.3, 0.4) is 0 Å². The number of hydrogen-bond donors (Lipinski definition) is 4. The molecule has 0 unspecified atom stereocenters. The first-order valence-electron chi connectivity index (χ1n) is 9.08. The van der Waals surface area contributed by atoms with E-state index < -0.39 is 11.9 Å². The molecule has 0 aromatic heterocycles. The fraction of sp³-hybridized carbons (Fsp3) is 0.789. The van der Waals surface area contributed by atoms with Crippen LogP contribution < -0.4 is 22.1 Å². The zero-order chi connectivity index (χ0) is 21.6. The van der Waals surface area contributed by atoms with E-state index in [1.807, 2.05) is 27.7 Å². The highest BCUT2D eigenvalue weighted by Crippen LogP contribution is 2.69. The Hall–Kier alpha value is -2.12. The van der Waals surface area contributed by atoms with E-state index in [9.17, 15) is 19.2 Å². The van der Waals surface area contributed by atoms with Gasteiger partial charge in [0.2, 0.25) is 17.7 Å². The summed E-state index contributed by atoms with van der Waals surface area (Å²) in [6.07, 6.45) is 0. The Morgan fingerprint density at radius 2 is 1.04 bits per heavy atom. The van der Waals surface area contributed by atoms with Crippen molar-refractivity contribution in [1.29, 1.82) is 0 Å². The third-order valence-corrected chi connectivity index (χ3v) is 7.25. The number of carbonyl (C=O) groups excluding carboxylic acids is 4. The molecule has 0 aromatic carbocycles. The molecule has 6 N–H and O–H groups in total. The molecule has 2 rings (SSSR count). The fourth-order valence-electron chi connectivity index (χ4n) is 4.17. The van der Waals surface area contributed by atoms with Crippen LogP contribution in [0.4, 0.5) is 4.79 Å². The lowest BCUT2D eigenvalue weighted by atomic mass is 10.0. The van der Waals surface area contributed by atoms with Crippen LogP contribution in [0.2, 0.25) is 0 Å². The molecule has 0 saturated heterocycles. The molecule has 154 valence electrons. The van der Waals surface area contributed by atoms with Crippen LogP contribution in [0.1, 0.15) is 55.4 Å². The summed E-state index contributed by atoms with van der Waals surface area (Å²) < 4.78 is 0. The van der Waals surface area contributed by atoms with Gasteiger partial charge in [0.1, 0.15) is 0 Å². The Bertz CT molecular complexity index is 637. The second kappa shape index (κ2) is 6.80. The van der Waals surface area contributed by atoms with Gasteiger partial charge in [-0.15, -0.1) is 0 Å². The van der Waals surface area contributed by atoms with Crippen LogP contribution in [0.5, 0.6) is 0 Å². The van der Waals surface area contributed by atoms with E-state index in [1.54, 1.807) is 0 Å². The summed E-state index contributed by atoms with van der Waals surface area (Å²) >= 11 is 0. The number of nitrogens with two attached hydrogens (primary N) is 2. The summed E-state index contributed by atoms with van der Waals surface area (Å²) in [6, 6.07) is -0.775. The number of hydrogen-bond acceptors (Lipinski definition) is 4. The molecule has 0 aliphatic heterocycles. The molecule has 0 atom stereocenters. The van der Waals surface area contributed by atoms with Gasteiger partial charge in [0.25, 0.3) is 0 Å². The Balaban J connectivity index is 0.000000271. The van der Waals surface area contributed by atoms with Crippen molar-refractivity contribution < 1.29 is 19.2 Å². The van der Waals surface area contributed by atoms with Gasteiger partial charge in [-0.3, -0.25) is 19.7 Å². The molecule has 8 heteroatoms. The van der Waals surface area contributed by atoms with Gasteiger partial charge >= 0.3 is 6.03 Å². The molecule has 0 heterocycles. The Kier molecular flexibility index (Phi) is 5.77. The first-order valence-corrected chi connectivity index (χ1v) is 9.08. The standard InChI is InChI=1S/C10H18N2O2.C9H16N2O2/c1-9(2)7(10(9,3)4)8(14)12-5-6(11)13;1-8(2)5(9(8,3)4)6(12)11-7(10)13/h7H,5H2,1-4H3,(H2,11,13)(H,12,14);5H,1-4H3,(H3,10,11,12,13). The zero-order valence-corrected chi connectivity index (χ0v) is 17.6. The Morgan fingerprint density at radius 3 is 1.30 bits per heavy atom. The molecule has 2 saturated carbocycles. The van der Waals surface area contributed by atoms with Gasteiger partial charge in [0, 0.05) is 11.8 Å². The van der Waals surface area contributed by atoms with Crippen molar-refractivity contribution in [3.63, 3.8) is 0 Å². The predicted molar refractivity (Wildman–Crippen MR) is 102 cm³/mol. The fourth-order valence-corrected chi connectivity index (χ4v) is 4.17. The van der Waals surface area contributed by atoms with E-state index in [4.69, 9.17) is 11.5 Å². The normalized spacial score (nSPS) is 23.3. The zero-order valence-electron chi connectivity index (χ0n) is 17.6. The highest BCUT2D eigenvalue weighted by Gasteiger charge is 2.68. The van der Waals surface area contributed by atoms with Crippen molar-refractivity contribution in [3.05, 3.63) is 0 Å². The van der Waals surface area contributed by atoms with Crippen molar-refractivity contribution in [1.82, 2.24) is 10.6 Å². The van der Waals surface area contributed by atoms with Crippen LogP contribution in [-0.2, 0) is 14.4 Å². The molecular weight excluding hydrogens is 348 g/mol. The average molecular weight is 383 g/mol. The van der Waals surface area contributed by atoms with Crippen molar-refractivity contribution in [3.8, 4) is 0 Å². The van der Waals surface area contributed by atoms with E-state index in [-0.39, 0.29) is 51.9 Å². The minimum absolute atomic E-state index is 0.00866. The molecule has 0 bridgehead atoms.